The van der Waals surface area contributed by atoms with Gasteiger partial charge in [-0.05, 0) is 156 Å². The second-order valence-electron chi connectivity index (χ2n) is 22.2. The van der Waals surface area contributed by atoms with Gasteiger partial charge in [-0.2, -0.15) is 5.26 Å². The summed E-state index contributed by atoms with van der Waals surface area (Å²) in [6.07, 6.45) is 8.64. The van der Waals surface area contributed by atoms with Gasteiger partial charge in [0.2, 0.25) is 0 Å². The highest BCUT2D eigenvalue weighted by molar-refractivity contribution is 5.88. The highest BCUT2D eigenvalue weighted by Crippen LogP contribution is 2.46. The SMILES string of the molecule is Cc1ccc(N2CCC(NCCN3CCN(C(C)CC4CC(CNC5CCN(c6cccc(-c7cc8cc(C#N)ccc8[nH]7)c6)CC5)(N5CCN(C)CC5)C4)CC3)CC2)cc1-c1cc2cc(F)ccc2[nH]1. The number of piperidine rings is 2. The zero-order chi connectivity index (χ0) is 48.5. The number of likely N-dealkylation sites (N-methyl/N-ethyl adjacent to an activating group) is 1. The number of anilines is 2. The molecule has 6 heterocycles. The van der Waals surface area contributed by atoms with Gasteiger partial charge >= 0.3 is 0 Å². The molecule has 0 spiro atoms. The number of aryl methyl sites for hydroxylation is 1. The summed E-state index contributed by atoms with van der Waals surface area (Å²) in [5.74, 6) is 0.606. The molecule has 1 atom stereocenters. The number of nitrogens with one attached hydrogen (secondary N) is 4. The Morgan fingerprint density at radius 2 is 1.37 bits per heavy atom. The van der Waals surface area contributed by atoms with E-state index >= 15 is 0 Å². The highest BCUT2D eigenvalue weighted by Gasteiger charge is 2.49. The van der Waals surface area contributed by atoms with Crippen LogP contribution in [0.25, 0.3) is 44.3 Å². The van der Waals surface area contributed by atoms with Gasteiger partial charge in [-0.1, -0.05) is 18.2 Å². The number of nitrogens with zero attached hydrogens (tertiary/aromatic N) is 7. The lowest BCUT2D eigenvalue weighted by Gasteiger charge is -2.57. The van der Waals surface area contributed by atoms with Crippen molar-refractivity contribution >= 4 is 33.2 Å². The van der Waals surface area contributed by atoms with Crippen LogP contribution in [0.3, 0.4) is 0 Å². The molecule has 5 fully saturated rings. The van der Waals surface area contributed by atoms with Gasteiger partial charge in [0.25, 0.3) is 0 Å². The monoisotopic (exact) mass is 958 g/mol. The Bertz CT molecular complexity index is 2790. The van der Waals surface area contributed by atoms with E-state index in [-0.39, 0.29) is 5.82 Å². The maximum atomic E-state index is 13.9. The van der Waals surface area contributed by atoms with Gasteiger partial charge in [0, 0.05) is 172 Å². The minimum Gasteiger partial charge on any atom is -0.371 e. The summed E-state index contributed by atoms with van der Waals surface area (Å²) in [5, 5.41) is 19.5. The molecule has 11 nitrogen and oxygen atoms in total. The Balaban J connectivity index is 0.603. The van der Waals surface area contributed by atoms with Crippen LogP contribution in [0.15, 0.2) is 91.0 Å². The van der Waals surface area contributed by atoms with E-state index in [0.29, 0.717) is 29.2 Å². The van der Waals surface area contributed by atoms with E-state index < -0.39 is 0 Å². The van der Waals surface area contributed by atoms with E-state index in [1.54, 1.807) is 6.07 Å². The summed E-state index contributed by atoms with van der Waals surface area (Å²) >= 11 is 0. The zero-order valence-corrected chi connectivity index (χ0v) is 42.5. The van der Waals surface area contributed by atoms with Crippen molar-refractivity contribution in [3.05, 3.63) is 108 Å². The molecule has 6 aromatic rings. The Kier molecular flexibility index (Phi) is 14.3. The summed E-state index contributed by atoms with van der Waals surface area (Å²) in [7, 11) is 2.28. The largest absolute Gasteiger partial charge is 0.371 e. The van der Waals surface area contributed by atoms with Gasteiger partial charge < -0.3 is 35.3 Å². The van der Waals surface area contributed by atoms with Crippen molar-refractivity contribution in [1.29, 1.82) is 5.26 Å². The molecule has 0 radical (unpaired) electrons. The number of H-pyrrole nitrogens is 2. The quantitative estimate of drug-likeness (QED) is 0.0805. The first-order valence-electron chi connectivity index (χ1n) is 27.0. The lowest BCUT2D eigenvalue weighted by atomic mass is 9.64. The topological polar surface area (TPSA) is 98.9 Å². The third-order valence-corrected chi connectivity index (χ3v) is 17.5. The Morgan fingerprint density at radius 3 is 2.10 bits per heavy atom. The van der Waals surface area contributed by atoms with Gasteiger partial charge in [-0.3, -0.25) is 14.7 Å². The standard InChI is InChI=1S/C59H76FN11/c1-42-7-10-53(37-54(42)58-36-48-33-49(60)9-12-56(48)65-58)70-18-13-50(14-19-70)62-17-22-67-25-27-68(28-26-67)43(2)31-45-38-59(39-45,71-29-23-66(3)24-30-71)41-63-51-15-20-69(21-16-51)52-6-4-5-46(34-52)57-35-47-32-44(40-61)8-11-55(47)64-57/h4-12,32-37,43,45,50-51,62-65H,13-31,38-39,41H2,1-3H3. The average Bonchev–Trinajstić information content (AvgIpc) is 4.02. The first-order valence-corrected chi connectivity index (χ1v) is 27.0. The number of hydrogen-bond acceptors (Lipinski definition) is 9. The first-order chi connectivity index (χ1) is 34.6. The number of benzene rings is 4. The van der Waals surface area contributed by atoms with Crippen molar-refractivity contribution < 1.29 is 4.39 Å². The molecule has 12 heteroatoms. The van der Waals surface area contributed by atoms with E-state index in [1.165, 1.54) is 119 Å². The number of fused-ring (bicyclic) bond motifs is 2. The lowest BCUT2D eigenvalue weighted by Crippen LogP contribution is -2.67. The average molecular weight is 958 g/mol. The van der Waals surface area contributed by atoms with E-state index in [1.807, 2.05) is 24.3 Å². The highest BCUT2D eigenvalue weighted by atomic mass is 19.1. The molecule has 11 rings (SSSR count). The summed E-state index contributed by atoms with van der Waals surface area (Å²) in [6, 6.07) is 34.8. The fourth-order valence-corrected chi connectivity index (χ4v) is 13.1. The number of rotatable bonds is 15. The zero-order valence-electron chi connectivity index (χ0n) is 42.5. The third-order valence-electron chi connectivity index (χ3n) is 17.5. The summed E-state index contributed by atoms with van der Waals surface area (Å²) in [6.45, 7) is 21.7. The molecule has 1 saturated carbocycles. The smallest absolute Gasteiger partial charge is 0.123 e. The van der Waals surface area contributed by atoms with Crippen LogP contribution in [0.4, 0.5) is 15.8 Å². The molecule has 2 aromatic heterocycles. The Labute approximate surface area is 421 Å². The van der Waals surface area contributed by atoms with Crippen molar-refractivity contribution in [3.63, 3.8) is 0 Å². The van der Waals surface area contributed by atoms with Gasteiger partial charge in [-0.25, -0.2) is 4.39 Å². The van der Waals surface area contributed by atoms with E-state index in [9.17, 15) is 9.65 Å². The molecule has 374 valence electrons. The maximum Gasteiger partial charge on any atom is 0.123 e. The number of nitriles is 1. The Hall–Kier alpha value is -5.26. The van der Waals surface area contributed by atoms with E-state index in [4.69, 9.17) is 0 Å². The van der Waals surface area contributed by atoms with E-state index in [0.717, 1.165) is 97.8 Å². The molecule has 5 aliphatic rings. The van der Waals surface area contributed by atoms with Crippen LogP contribution in [0.1, 0.15) is 63.0 Å². The molecular weight excluding hydrogens is 882 g/mol. The lowest BCUT2D eigenvalue weighted by molar-refractivity contribution is -0.0570. The Morgan fingerprint density at radius 1 is 0.704 bits per heavy atom. The molecule has 4 aliphatic heterocycles. The normalized spacial score (nSPS) is 23.1. The molecule has 0 amide bonds. The minimum absolute atomic E-state index is 0.199. The fourth-order valence-electron chi connectivity index (χ4n) is 13.1. The predicted molar refractivity (Wildman–Crippen MR) is 290 cm³/mol. The van der Waals surface area contributed by atoms with Crippen LogP contribution >= 0.6 is 0 Å². The summed E-state index contributed by atoms with van der Waals surface area (Å²) < 4.78 is 13.9. The molecule has 1 aliphatic carbocycles. The number of piperazine rings is 2. The van der Waals surface area contributed by atoms with Crippen molar-refractivity contribution in [2.45, 2.75) is 82.5 Å². The van der Waals surface area contributed by atoms with Crippen molar-refractivity contribution in [1.82, 2.24) is 40.2 Å². The van der Waals surface area contributed by atoms with Crippen LogP contribution in [-0.4, -0.2) is 158 Å². The van der Waals surface area contributed by atoms with Crippen LogP contribution in [-0.2, 0) is 0 Å². The van der Waals surface area contributed by atoms with Gasteiger partial charge in [0.1, 0.15) is 5.82 Å². The molecular formula is C59H76FN11. The first kappa shape index (κ1) is 48.0. The minimum atomic E-state index is -0.199. The maximum absolute atomic E-state index is 13.9. The molecule has 4 saturated heterocycles. The van der Waals surface area contributed by atoms with Crippen LogP contribution < -0.4 is 20.4 Å². The number of aromatic nitrogens is 2. The van der Waals surface area contributed by atoms with Gasteiger partial charge in [0.15, 0.2) is 0 Å². The van der Waals surface area contributed by atoms with Crippen molar-refractivity contribution in [2.24, 2.45) is 5.92 Å². The van der Waals surface area contributed by atoms with Crippen molar-refractivity contribution in [3.8, 4) is 28.6 Å². The second-order valence-corrected chi connectivity index (χ2v) is 22.2. The summed E-state index contributed by atoms with van der Waals surface area (Å²) in [4.78, 5) is 23.0. The summed E-state index contributed by atoms with van der Waals surface area (Å²) in [5.41, 5.74) is 11.3. The number of aromatic amines is 2. The van der Waals surface area contributed by atoms with Crippen LogP contribution in [0, 0.1) is 30.0 Å². The molecule has 0 bridgehead atoms. The molecule has 1 unspecified atom stereocenters. The van der Waals surface area contributed by atoms with Crippen molar-refractivity contribution in [2.75, 3.05) is 115 Å². The third kappa shape index (κ3) is 10.8. The molecule has 71 heavy (non-hydrogen) atoms. The fraction of sp³-hybridized carbons (Fsp3) is 0.508. The number of hydrogen-bond donors (Lipinski definition) is 4. The molecule has 4 N–H and O–H groups in total. The van der Waals surface area contributed by atoms with Gasteiger partial charge in [-0.15, -0.1) is 0 Å². The van der Waals surface area contributed by atoms with Crippen LogP contribution in [0.2, 0.25) is 0 Å². The van der Waals surface area contributed by atoms with Gasteiger partial charge in [0.05, 0.1) is 11.6 Å². The van der Waals surface area contributed by atoms with Crippen LogP contribution in [0.5, 0.6) is 0 Å². The second kappa shape index (κ2) is 21.1. The van der Waals surface area contributed by atoms with E-state index in [2.05, 4.69) is 132 Å². The number of halogens is 1. The molecule has 4 aromatic carbocycles. The predicted octanol–water partition coefficient (Wildman–Crippen LogP) is 8.91.